The van der Waals surface area contributed by atoms with Gasteiger partial charge in [-0.15, -0.1) is 0 Å². The van der Waals surface area contributed by atoms with Gasteiger partial charge in [-0.1, -0.05) is 18.2 Å². The van der Waals surface area contributed by atoms with Crippen LogP contribution in [0.5, 0.6) is 5.75 Å². The molecule has 6 heteroatoms. The molecule has 1 saturated heterocycles. The van der Waals surface area contributed by atoms with Crippen LogP contribution in [0.4, 0.5) is 0 Å². The molecule has 2 rings (SSSR count). The van der Waals surface area contributed by atoms with Crippen molar-refractivity contribution < 1.29 is 24.0 Å². The maximum atomic E-state index is 12.2. The molecule has 1 amide bonds. The van der Waals surface area contributed by atoms with Gasteiger partial charge in [-0.3, -0.25) is 9.59 Å². The molecule has 1 unspecified atom stereocenters. The van der Waals surface area contributed by atoms with Crippen LogP contribution in [0.15, 0.2) is 24.3 Å². The number of likely N-dealkylation sites (tertiary alicyclic amines) is 1. The van der Waals surface area contributed by atoms with E-state index in [-0.39, 0.29) is 17.8 Å². The predicted octanol–water partition coefficient (Wildman–Crippen LogP) is 0.212. The molecule has 0 spiro atoms. The van der Waals surface area contributed by atoms with Crippen molar-refractivity contribution in [3.05, 3.63) is 29.8 Å². The van der Waals surface area contributed by atoms with E-state index in [1.807, 2.05) is 31.2 Å². The first kappa shape index (κ1) is 19.2. The SMILES string of the molecule is CCOC(=O)[C@@H]1CCC[NH+](CC(=O)NCCc2ccccc2OC)C1. The number of carbonyl (C=O) groups is 2. The fourth-order valence-electron chi connectivity index (χ4n) is 3.31. The molecule has 0 aliphatic carbocycles. The van der Waals surface area contributed by atoms with Crippen LogP contribution in [-0.2, 0) is 20.7 Å². The van der Waals surface area contributed by atoms with Crippen molar-refractivity contribution >= 4 is 11.9 Å². The number of nitrogens with one attached hydrogen (secondary N) is 2. The number of hydrogen-bond acceptors (Lipinski definition) is 4. The van der Waals surface area contributed by atoms with Gasteiger partial charge in [0.25, 0.3) is 5.91 Å². The number of para-hydroxylation sites is 1. The van der Waals surface area contributed by atoms with Crippen LogP contribution >= 0.6 is 0 Å². The summed E-state index contributed by atoms with van der Waals surface area (Å²) in [5.74, 6) is 0.659. The number of ether oxygens (including phenoxy) is 2. The van der Waals surface area contributed by atoms with E-state index in [2.05, 4.69) is 5.32 Å². The molecule has 1 aromatic carbocycles. The average molecular weight is 349 g/mol. The second-order valence-corrected chi connectivity index (χ2v) is 6.38. The van der Waals surface area contributed by atoms with Crippen LogP contribution in [0.25, 0.3) is 0 Å². The average Bonchev–Trinajstić information content (AvgIpc) is 2.62. The number of rotatable bonds is 8. The summed E-state index contributed by atoms with van der Waals surface area (Å²) in [6, 6.07) is 7.82. The Bertz CT molecular complexity index is 576. The first-order chi connectivity index (χ1) is 12.1. The summed E-state index contributed by atoms with van der Waals surface area (Å²) in [4.78, 5) is 25.2. The maximum absolute atomic E-state index is 12.2. The highest BCUT2D eigenvalue weighted by atomic mass is 16.5. The smallest absolute Gasteiger partial charge is 0.314 e. The normalized spacial score (nSPS) is 19.9. The number of quaternary nitrogens is 1. The van der Waals surface area contributed by atoms with Crippen molar-refractivity contribution in [2.75, 3.05) is 39.9 Å². The van der Waals surface area contributed by atoms with Crippen molar-refractivity contribution in [1.29, 1.82) is 0 Å². The van der Waals surface area contributed by atoms with E-state index in [4.69, 9.17) is 9.47 Å². The summed E-state index contributed by atoms with van der Waals surface area (Å²) >= 11 is 0. The first-order valence-electron chi connectivity index (χ1n) is 9.02. The Morgan fingerprint density at radius 3 is 2.88 bits per heavy atom. The number of methoxy groups -OCH3 is 1. The lowest BCUT2D eigenvalue weighted by molar-refractivity contribution is -0.899. The van der Waals surface area contributed by atoms with Crippen molar-refractivity contribution in [2.24, 2.45) is 5.92 Å². The van der Waals surface area contributed by atoms with Gasteiger partial charge < -0.3 is 19.7 Å². The Kier molecular flexibility index (Phi) is 7.73. The summed E-state index contributed by atoms with van der Waals surface area (Å²) in [5.41, 5.74) is 1.08. The van der Waals surface area contributed by atoms with Gasteiger partial charge in [0.15, 0.2) is 6.54 Å². The van der Waals surface area contributed by atoms with Gasteiger partial charge >= 0.3 is 5.97 Å². The summed E-state index contributed by atoms with van der Waals surface area (Å²) in [6.45, 7) is 4.82. The van der Waals surface area contributed by atoms with E-state index in [9.17, 15) is 9.59 Å². The van der Waals surface area contributed by atoms with E-state index in [0.29, 0.717) is 26.2 Å². The first-order valence-corrected chi connectivity index (χ1v) is 9.02. The summed E-state index contributed by atoms with van der Waals surface area (Å²) < 4.78 is 10.4. The van der Waals surface area contributed by atoms with E-state index in [1.165, 1.54) is 0 Å². The molecule has 2 N–H and O–H groups in total. The van der Waals surface area contributed by atoms with Crippen molar-refractivity contribution in [1.82, 2.24) is 5.32 Å². The molecule has 1 aromatic rings. The minimum atomic E-state index is -0.128. The molecule has 0 aromatic heterocycles. The zero-order valence-corrected chi connectivity index (χ0v) is 15.2. The third-order valence-electron chi connectivity index (χ3n) is 4.56. The number of piperidine rings is 1. The molecular formula is C19H29N2O4+. The van der Waals surface area contributed by atoms with Gasteiger partial charge in [-0.05, 0) is 37.8 Å². The number of esters is 1. The predicted molar refractivity (Wildman–Crippen MR) is 94.6 cm³/mol. The highest BCUT2D eigenvalue weighted by molar-refractivity contribution is 5.77. The van der Waals surface area contributed by atoms with Crippen molar-refractivity contribution in [3.8, 4) is 5.75 Å². The summed E-state index contributed by atoms with van der Waals surface area (Å²) in [7, 11) is 1.65. The van der Waals surface area contributed by atoms with Crippen molar-refractivity contribution in [2.45, 2.75) is 26.2 Å². The molecule has 25 heavy (non-hydrogen) atoms. The molecule has 0 saturated carbocycles. The third-order valence-corrected chi connectivity index (χ3v) is 4.56. The maximum Gasteiger partial charge on any atom is 0.314 e. The van der Waals surface area contributed by atoms with Crippen molar-refractivity contribution in [3.63, 3.8) is 0 Å². The molecule has 1 aliphatic heterocycles. The summed E-state index contributed by atoms with van der Waals surface area (Å²) in [6.07, 6.45) is 2.54. The highest BCUT2D eigenvalue weighted by Crippen LogP contribution is 2.17. The number of amides is 1. The molecule has 6 nitrogen and oxygen atoms in total. The molecular weight excluding hydrogens is 320 g/mol. The number of hydrogen-bond donors (Lipinski definition) is 2. The van der Waals surface area contributed by atoms with Crippen LogP contribution in [0.3, 0.4) is 0 Å². The molecule has 138 valence electrons. The van der Waals surface area contributed by atoms with Gasteiger partial charge in [0.2, 0.25) is 0 Å². The summed E-state index contributed by atoms with van der Waals surface area (Å²) in [5, 5.41) is 2.97. The molecule has 2 atom stereocenters. The van der Waals surface area contributed by atoms with E-state index in [0.717, 1.165) is 42.0 Å². The lowest BCUT2D eigenvalue weighted by Gasteiger charge is -2.28. The lowest BCUT2D eigenvalue weighted by atomic mass is 9.98. The highest BCUT2D eigenvalue weighted by Gasteiger charge is 2.30. The monoisotopic (exact) mass is 349 g/mol. The van der Waals surface area contributed by atoms with E-state index < -0.39 is 0 Å². The Morgan fingerprint density at radius 1 is 1.32 bits per heavy atom. The molecule has 1 heterocycles. The standard InChI is InChI=1S/C19H28N2O4/c1-3-25-19(23)16-8-6-12-21(13-16)14-18(22)20-11-10-15-7-4-5-9-17(15)24-2/h4-5,7,9,16H,3,6,8,10-14H2,1-2H3,(H,20,22)/p+1/t16-/m1/s1. The van der Waals surface area contributed by atoms with Crippen LogP contribution in [-0.4, -0.2) is 51.8 Å². The minimum absolute atomic E-state index is 0.0226. The third kappa shape index (κ3) is 6.05. The Balaban J connectivity index is 1.73. The quantitative estimate of drug-likeness (QED) is 0.659. The fourth-order valence-corrected chi connectivity index (χ4v) is 3.31. The fraction of sp³-hybridized carbons (Fsp3) is 0.579. The van der Waals surface area contributed by atoms with E-state index in [1.54, 1.807) is 7.11 Å². The molecule has 0 bridgehead atoms. The van der Waals surface area contributed by atoms with Gasteiger partial charge in [0, 0.05) is 6.54 Å². The van der Waals surface area contributed by atoms with Gasteiger partial charge in [-0.25, -0.2) is 0 Å². The van der Waals surface area contributed by atoms with Gasteiger partial charge in [-0.2, -0.15) is 0 Å². The Labute approximate surface area is 149 Å². The van der Waals surface area contributed by atoms with Crippen LogP contribution in [0.1, 0.15) is 25.3 Å². The number of benzene rings is 1. The van der Waals surface area contributed by atoms with Gasteiger partial charge in [0.05, 0.1) is 26.8 Å². The minimum Gasteiger partial charge on any atom is -0.496 e. The molecule has 1 aliphatic rings. The van der Waals surface area contributed by atoms with E-state index >= 15 is 0 Å². The second kappa shape index (κ2) is 10.0. The van der Waals surface area contributed by atoms with Gasteiger partial charge in [0.1, 0.15) is 11.7 Å². The number of carbonyl (C=O) groups excluding carboxylic acids is 2. The van der Waals surface area contributed by atoms with Crippen LogP contribution < -0.4 is 15.0 Å². The Hall–Kier alpha value is -2.08. The molecule has 0 radical (unpaired) electrons. The lowest BCUT2D eigenvalue weighted by Crippen LogP contribution is -3.14. The zero-order chi connectivity index (χ0) is 18.1. The Morgan fingerprint density at radius 2 is 2.12 bits per heavy atom. The van der Waals surface area contributed by atoms with Crippen LogP contribution in [0, 0.1) is 5.92 Å². The zero-order valence-electron chi connectivity index (χ0n) is 15.2. The van der Waals surface area contributed by atoms with Crippen LogP contribution in [0.2, 0.25) is 0 Å². The molecule has 1 fully saturated rings. The topological polar surface area (TPSA) is 69.1 Å². The second-order valence-electron chi connectivity index (χ2n) is 6.38. The largest absolute Gasteiger partial charge is 0.496 e.